The fourth-order valence-electron chi connectivity index (χ4n) is 5.90. The van der Waals surface area contributed by atoms with E-state index in [-0.39, 0.29) is 36.5 Å². The van der Waals surface area contributed by atoms with Crippen molar-refractivity contribution < 1.29 is 18.4 Å². The van der Waals surface area contributed by atoms with Crippen molar-refractivity contribution in [3.05, 3.63) is 57.8 Å². The van der Waals surface area contributed by atoms with Gasteiger partial charge in [0.25, 0.3) is 0 Å². The van der Waals surface area contributed by atoms with Crippen LogP contribution < -0.4 is 20.4 Å². The monoisotopic (exact) mass is 666 g/mol. The summed E-state index contributed by atoms with van der Waals surface area (Å²) in [6, 6.07) is 10.8. The van der Waals surface area contributed by atoms with Gasteiger partial charge in [-0.05, 0) is 43.5 Å². The molecule has 0 bridgehead atoms. The molecule has 6 heterocycles. The molecule has 0 radical (unpaired) electrons. The fraction of sp³-hybridized carbons (Fsp3) is 0.467. The maximum absolute atomic E-state index is 13.2. The lowest BCUT2D eigenvalue weighted by Gasteiger charge is -2.35. The molecule has 3 aliphatic rings. The topological polar surface area (TPSA) is 142 Å². The molecule has 7 rings (SSSR count). The highest BCUT2D eigenvalue weighted by molar-refractivity contribution is 7.15. The van der Waals surface area contributed by atoms with Crippen molar-refractivity contribution in [2.24, 2.45) is 0 Å². The van der Waals surface area contributed by atoms with Gasteiger partial charge in [0.2, 0.25) is 22.1 Å². The second kappa shape index (κ2) is 13.3. The summed E-state index contributed by atoms with van der Waals surface area (Å²) in [5.74, 6) is 1.23. The Balaban J connectivity index is 0.904. The van der Waals surface area contributed by atoms with E-state index in [4.69, 9.17) is 0 Å². The third-order valence-electron chi connectivity index (χ3n) is 8.34. The molecule has 2 amide bonds. The molecule has 1 aliphatic carbocycles. The highest BCUT2D eigenvalue weighted by Gasteiger charge is 2.31. The minimum Gasteiger partial charge on any atom is -0.351 e. The van der Waals surface area contributed by atoms with E-state index in [2.05, 4.69) is 41.0 Å². The van der Waals surface area contributed by atoms with Gasteiger partial charge in [-0.2, -0.15) is 0 Å². The summed E-state index contributed by atoms with van der Waals surface area (Å²) in [7, 11) is 0. The van der Waals surface area contributed by atoms with Gasteiger partial charge in [-0.25, -0.2) is 18.7 Å². The predicted molar refractivity (Wildman–Crippen MR) is 171 cm³/mol. The summed E-state index contributed by atoms with van der Waals surface area (Å²) in [6.07, 6.45) is 2.25. The first-order valence-electron chi connectivity index (χ1n) is 15.3. The standard InChI is InChI=1S/C30H32F2N10O2S2/c31-19-13-41(14-19)23-8-2-6-21(33-23)11-25(43)35-29-39-37-27(45-29)17-4-1-5-18(10-17)28-38-40-30(46-28)36-26(44)12-22-7-3-9-24(34-22)42-15-20(32)16-42/h2-3,6-9,17-20H,1,4-5,10-16H2,(H,35,39,43)(H,36,40,44)/t17-,18-/m0/s1. The molecule has 3 fully saturated rings. The second-order valence-corrected chi connectivity index (χ2v) is 13.9. The van der Waals surface area contributed by atoms with E-state index in [1.54, 1.807) is 12.1 Å². The Labute approximate surface area is 271 Å². The zero-order valence-corrected chi connectivity index (χ0v) is 26.4. The van der Waals surface area contributed by atoms with E-state index in [0.717, 1.165) is 35.7 Å². The van der Waals surface area contributed by atoms with Crippen LogP contribution in [-0.2, 0) is 22.4 Å². The molecule has 12 nitrogen and oxygen atoms in total. The number of aromatic nitrogens is 6. The Kier molecular flexibility index (Phi) is 8.80. The minimum atomic E-state index is -0.828. The SMILES string of the molecule is O=C(Cc1cccc(N2CC(F)C2)n1)Nc1nnc([C@H]2CCC[C@H](c3nnc(NC(=O)Cc4cccc(N5CC(F)C5)n4)s3)C2)s1. The van der Waals surface area contributed by atoms with Crippen LogP contribution >= 0.6 is 22.7 Å². The number of pyridine rings is 2. The van der Waals surface area contributed by atoms with E-state index < -0.39 is 12.3 Å². The maximum atomic E-state index is 13.2. The number of carbonyl (C=O) groups is 2. The first-order valence-corrected chi connectivity index (χ1v) is 16.9. The molecule has 2 aliphatic heterocycles. The fourth-order valence-corrected chi connectivity index (χ4v) is 7.72. The van der Waals surface area contributed by atoms with Gasteiger partial charge in [0.15, 0.2) is 0 Å². The number of alkyl halides is 2. The van der Waals surface area contributed by atoms with E-state index in [0.29, 0.717) is 59.5 Å². The third-order valence-corrected chi connectivity index (χ3v) is 10.3. The number of nitrogens with zero attached hydrogens (tertiary/aromatic N) is 8. The first kappa shape index (κ1) is 30.5. The highest BCUT2D eigenvalue weighted by Crippen LogP contribution is 2.43. The number of halogens is 2. The Morgan fingerprint density at radius 3 is 1.61 bits per heavy atom. The summed E-state index contributed by atoms with van der Waals surface area (Å²) >= 11 is 2.75. The number of anilines is 4. The number of rotatable bonds is 10. The van der Waals surface area contributed by atoms with Crippen molar-refractivity contribution in [1.82, 2.24) is 30.4 Å². The second-order valence-electron chi connectivity index (χ2n) is 11.9. The molecule has 1 saturated carbocycles. The van der Waals surface area contributed by atoms with Gasteiger partial charge in [0.05, 0.1) is 50.4 Å². The molecule has 4 aromatic heterocycles. The highest BCUT2D eigenvalue weighted by atomic mass is 32.1. The van der Waals surface area contributed by atoms with Crippen LogP contribution in [0.4, 0.5) is 30.7 Å². The van der Waals surface area contributed by atoms with Crippen LogP contribution in [0.2, 0.25) is 0 Å². The summed E-state index contributed by atoms with van der Waals surface area (Å²) in [5.41, 5.74) is 1.21. The molecule has 4 aromatic rings. The van der Waals surface area contributed by atoms with Crippen LogP contribution in [0.1, 0.15) is 58.9 Å². The summed E-state index contributed by atoms with van der Waals surface area (Å²) in [4.78, 5) is 38.1. The average molecular weight is 667 g/mol. The van der Waals surface area contributed by atoms with Crippen LogP contribution in [0, 0.1) is 0 Å². The predicted octanol–water partition coefficient (Wildman–Crippen LogP) is 4.30. The van der Waals surface area contributed by atoms with Crippen LogP contribution in [0.5, 0.6) is 0 Å². The number of nitrogens with one attached hydrogen (secondary N) is 2. The molecule has 2 saturated heterocycles. The largest absolute Gasteiger partial charge is 0.351 e. The lowest BCUT2D eigenvalue weighted by Crippen LogP contribution is -2.48. The number of carbonyl (C=O) groups excluding carboxylic acids is 2. The van der Waals surface area contributed by atoms with E-state index in [9.17, 15) is 18.4 Å². The lowest BCUT2D eigenvalue weighted by molar-refractivity contribution is -0.116. The number of amides is 2. The molecule has 0 aromatic carbocycles. The van der Waals surface area contributed by atoms with Crippen molar-refractivity contribution in [3.63, 3.8) is 0 Å². The van der Waals surface area contributed by atoms with E-state index in [1.165, 1.54) is 22.7 Å². The Bertz CT molecular complexity index is 1590. The van der Waals surface area contributed by atoms with Crippen molar-refractivity contribution in [1.29, 1.82) is 0 Å². The van der Waals surface area contributed by atoms with Gasteiger partial charge >= 0.3 is 0 Å². The molecule has 16 heteroatoms. The summed E-state index contributed by atoms with van der Waals surface area (Å²) in [6.45, 7) is 1.30. The molecular weight excluding hydrogens is 635 g/mol. The van der Waals surface area contributed by atoms with Gasteiger partial charge in [-0.3, -0.25) is 9.59 Å². The Morgan fingerprint density at radius 2 is 1.17 bits per heavy atom. The molecular formula is C30H32F2N10O2S2. The quantitative estimate of drug-likeness (QED) is 0.252. The van der Waals surface area contributed by atoms with Gasteiger partial charge in [-0.15, -0.1) is 20.4 Å². The molecule has 0 spiro atoms. The Morgan fingerprint density at radius 1 is 0.717 bits per heavy atom. The summed E-state index contributed by atoms with van der Waals surface area (Å²) < 4.78 is 26.4. The average Bonchev–Trinajstić information content (AvgIpc) is 3.68. The minimum absolute atomic E-state index is 0.0828. The first-order chi connectivity index (χ1) is 22.3. The van der Waals surface area contributed by atoms with Crippen LogP contribution in [0.3, 0.4) is 0 Å². The molecule has 0 unspecified atom stereocenters. The van der Waals surface area contributed by atoms with Crippen molar-refractivity contribution >= 4 is 56.4 Å². The van der Waals surface area contributed by atoms with E-state index in [1.807, 2.05) is 34.1 Å². The van der Waals surface area contributed by atoms with Gasteiger partial charge in [-0.1, -0.05) is 41.2 Å². The molecule has 240 valence electrons. The smallest absolute Gasteiger partial charge is 0.232 e. The Hall–Kier alpha value is -4.18. The van der Waals surface area contributed by atoms with Gasteiger partial charge < -0.3 is 20.4 Å². The van der Waals surface area contributed by atoms with Crippen LogP contribution in [-0.4, -0.2) is 80.7 Å². The third kappa shape index (κ3) is 7.12. The van der Waals surface area contributed by atoms with Gasteiger partial charge in [0.1, 0.15) is 34.0 Å². The number of hydrogen-bond acceptors (Lipinski definition) is 12. The van der Waals surface area contributed by atoms with E-state index >= 15 is 0 Å². The van der Waals surface area contributed by atoms with Crippen molar-refractivity contribution in [3.8, 4) is 0 Å². The van der Waals surface area contributed by atoms with Crippen LogP contribution in [0.15, 0.2) is 36.4 Å². The van der Waals surface area contributed by atoms with Crippen molar-refractivity contribution in [2.45, 2.75) is 62.7 Å². The molecule has 2 atom stereocenters. The maximum Gasteiger partial charge on any atom is 0.232 e. The van der Waals surface area contributed by atoms with Crippen molar-refractivity contribution in [2.75, 3.05) is 46.6 Å². The number of hydrogen-bond donors (Lipinski definition) is 2. The molecule has 2 N–H and O–H groups in total. The zero-order valence-electron chi connectivity index (χ0n) is 24.8. The summed E-state index contributed by atoms with van der Waals surface area (Å²) in [5, 5.41) is 25.5. The van der Waals surface area contributed by atoms with Crippen LogP contribution in [0.25, 0.3) is 0 Å². The lowest BCUT2D eigenvalue weighted by atomic mass is 9.82. The zero-order chi connectivity index (χ0) is 31.6. The normalized spacial score (nSPS) is 20.2. The van der Waals surface area contributed by atoms with Gasteiger partial charge in [0, 0.05) is 11.8 Å². The molecule has 46 heavy (non-hydrogen) atoms.